The maximum atomic E-state index is 13.4. The second kappa shape index (κ2) is 6.88. The fourth-order valence-corrected chi connectivity index (χ4v) is 1.71. The van der Waals surface area contributed by atoms with Crippen molar-refractivity contribution in [2.24, 2.45) is 0 Å². The molecule has 1 aromatic carbocycles. The monoisotopic (exact) mass is 281 g/mol. The molecule has 0 unspecified atom stereocenters. The van der Waals surface area contributed by atoms with Crippen molar-refractivity contribution in [2.75, 3.05) is 18.8 Å². The van der Waals surface area contributed by atoms with Gasteiger partial charge in [0.2, 0.25) is 5.91 Å². The summed E-state index contributed by atoms with van der Waals surface area (Å²) in [5.41, 5.74) is 5.53. The third-order valence-electron chi connectivity index (χ3n) is 2.70. The first-order valence-electron chi connectivity index (χ1n) is 6.48. The van der Waals surface area contributed by atoms with E-state index in [0.717, 1.165) is 6.07 Å². The molecule has 0 saturated carbocycles. The van der Waals surface area contributed by atoms with Gasteiger partial charge in [-0.3, -0.25) is 9.59 Å². The van der Waals surface area contributed by atoms with Gasteiger partial charge in [-0.05, 0) is 39.0 Å². The van der Waals surface area contributed by atoms with E-state index >= 15 is 0 Å². The molecule has 0 atom stereocenters. The maximum Gasteiger partial charge on any atom is 0.254 e. The zero-order valence-corrected chi connectivity index (χ0v) is 11.9. The normalized spacial score (nSPS) is 10.4. The van der Waals surface area contributed by atoms with Crippen LogP contribution in [0.1, 0.15) is 31.1 Å². The number of rotatable bonds is 5. The molecule has 1 rings (SSSR count). The van der Waals surface area contributed by atoms with Crippen LogP contribution >= 0.6 is 0 Å². The van der Waals surface area contributed by atoms with Crippen molar-refractivity contribution in [1.82, 2.24) is 10.2 Å². The lowest BCUT2D eigenvalue weighted by Crippen LogP contribution is -2.42. The number of hydrogen-bond acceptors (Lipinski definition) is 3. The molecule has 1 aromatic rings. The van der Waals surface area contributed by atoms with Crippen LogP contribution in [0.15, 0.2) is 18.2 Å². The molecule has 6 heteroatoms. The van der Waals surface area contributed by atoms with Crippen molar-refractivity contribution in [3.8, 4) is 0 Å². The van der Waals surface area contributed by atoms with Crippen molar-refractivity contribution in [3.63, 3.8) is 0 Å². The Morgan fingerprint density at radius 3 is 2.55 bits per heavy atom. The first-order chi connectivity index (χ1) is 9.35. The Hall–Kier alpha value is -2.11. The fraction of sp³-hybridized carbons (Fsp3) is 0.429. The number of amides is 2. The summed E-state index contributed by atoms with van der Waals surface area (Å²) in [7, 11) is 0. The predicted molar refractivity (Wildman–Crippen MR) is 75.7 cm³/mol. The molecule has 0 bridgehead atoms. The van der Waals surface area contributed by atoms with Crippen molar-refractivity contribution < 1.29 is 14.0 Å². The number of hydrogen-bond donors (Lipinski definition) is 2. The number of carbonyl (C=O) groups excluding carboxylic acids is 2. The molecule has 0 aliphatic heterocycles. The smallest absolute Gasteiger partial charge is 0.254 e. The second-order valence-corrected chi connectivity index (χ2v) is 4.78. The lowest BCUT2D eigenvalue weighted by molar-refractivity contribution is -0.122. The third-order valence-corrected chi connectivity index (χ3v) is 2.70. The quantitative estimate of drug-likeness (QED) is 0.801. The van der Waals surface area contributed by atoms with Crippen molar-refractivity contribution in [2.45, 2.75) is 26.8 Å². The molecule has 0 aliphatic rings. The summed E-state index contributed by atoms with van der Waals surface area (Å²) in [5, 5.41) is 2.71. The number of nitrogens with zero attached hydrogens (tertiary/aromatic N) is 1. The van der Waals surface area contributed by atoms with Gasteiger partial charge >= 0.3 is 0 Å². The minimum Gasteiger partial charge on any atom is -0.396 e. The Morgan fingerprint density at radius 1 is 1.40 bits per heavy atom. The first kappa shape index (κ1) is 15.9. The maximum absolute atomic E-state index is 13.4. The van der Waals surface area contributed by atoms with Gasteiger partial charge in [-0.15, -0.1) is 0 Å². The average Bonchev–Trinajstić information content (AvgIpc) is 2.37. The highest BCUT2D eigenvalue weighted by Gasteiger charge is 2.18. The van der Waals surface area contributed by atoms with E-state index in [0.29, 0.717) is 6.54 Å². The summed E-state index contributed by atoms with van der Waals surface area (Å²) < 4.78 is 13.4. The number of nitrogen functional groups attached to an aromatic ring is 1. The summed E-state index contributed by atoms with van der Waals surface area (Å²) in [6, 6.07) is 3.87. The van der Waals surface area contributed by atoms with Crippen LogP contribution < -0.4 is 11.1 Å². The molecule has 110 valence electrons. The average molecular weight is 281 g/mol. The van der Waals surface area contributed by atoms with Gasteiger partial charge in [0.15, 0.2) is 0 Å². The number of anilines is 1. The van der Waals surface area contributed by atoms with Gasteiger partial charge in [0.1, 0.15) is 5.82 Å². The van der Waals surface area contributed by atoms with Crippen LogP contribution in [0.4, 0.5) is 10.1 Å². The fourth-order valence-electron chi connectivity index (χ4n) is 1.71. The standard InChI is InChI=1S/C14H20FN3O2/c1-4-18(8-13(19)17-9(2)3)14(20)10-5-6-12(16)11(15)7-10/h5-7,9H,4,8,16H2,1-3H3,(H,17,19). The number of halogens is 1. The molecule has 5 nitrogen and oxygen atoms in total. The molecule has 0 aliphatic carbocycles. The lowest BCUT2D eigenvalue weighted by atomic mass is 10.1. The van der Waals surface area contributed by atoms with Gasteiger partial charge in [0, 0.05) is 18.2 Å². The van der Waals surface area contributed by atoms with E-state index in [1.807, 2.05) is 13.8 Å². The largest absolute Gasteiger partial charge is 0.396 e. The van der Waals surface area contributed by atoms with Crippen molar-refractivity contribution in [3.05, 3.63) is 29.6 Å². The number of benzene rings is 1. The summed E-state index contributed by atoms with van der Waals surface area (Å²) in [5.74, 6) is -1.28. The summed E-state index contributed by atoms with van der Waals surface area (Å²) >= 11 is 0. The van der Waals surface area contributed by atoms with E-state index in [2.05, 4.69) is 5.32 Å². The van der Waals surface area contributed by atoms with Crippen LogP contribution in [0.2, 0.25) is 0 Å². The van der Waals surface area contributed by atoms with Gasteiger partial charge < -0.3 is 16.0 Å². The van der Waals surface area contributed by atoms with Crippen LogP contribution in [-0.2, 0) is 4.79 Å². The molecule has 0 spiro atoms. The van der Waals surface area contributed by atoms with Crippen LogP contribution in [0, 0.1) is 5.82 Å². The van der Waals surface area contributed by atoms with E-state index in [4.69, 9.17) is 5.73 Å². The van der Waals surface area contributed by atoms with E-state index < -0.39 is 11.7 Å². The SMILES string of the molecule is CCN(CC(=O)NC(C)C)C(=O)c1ccc(N)c(F)c1. The van der Waals surface area contributed by atoms with E-state index in [1.54, 1.807) is 6.92 Å². The molecule has 0 saturated heterocycles. The van der Waals surface area contributed by atoms with Crippen LogP contribution in [-0.4, -0.2) is 35.8 Å². The molecule has 0 fully saturated rings. The van der Waals surface area contributed by atoms with E-state index in [1.165, 1.54) is 17.0 Å². The van der Waals surface area contributed by atoms with E-state index in [9.17, 15) is 14.0 Å². The molecule has 2 amide bonds. The summed E-state index contributed by atoms with van der Waals surface area (Å²) in [6.45, 7) is 5.74. The van der Waals surface area contributed by atoms with Crippen LogP contribution in [0.5, 0.6) is 0 Å². The molecular weight excluding hydrogens is 261 g/mol. The Kier molecular flexibility index (Phi) is 5.49. The number of carbonyl (C=O) groups is 2. The van der Waals surface area contributed by atoms with Crippen molar-refractivity contribution in [1.29, 1.82) is 0 Å². The molecule has 0 aromatic heterocycles. The lowest BCUT2D eigenvalue weighted by Gasteiger charge is -2.21. The van der Waals surface area contributed by atoms with Gasteiger partial charge in [0.25, 0.3) is 5.91 Å². The minimum atomic E-state index is -0.640. The van der Waals surface area contributed by atoms with Gasteiger partial charge in [0.05, 0.1) is 12.2 Å². The van der Waals surface area contributed by atoms with Gasteiger partial charge in [-0.25, -0.2) is 4.39 Å². The Bertz CT molecular complexity index is 503. The highest BCUT2D eigenvalue weighted by Crippen LogP contribution is 2.13. The highest BCUT2D eigenvalue weighted by molar-refractivity contribution is 5.96. The van der Waals surface area contributed by atoms with Crippen LogP contribution in [0.3, 0.4) is 0 Å². The minimum absolute atomic E-state index is 0.00489. The third kappa shape index (κ3) is 4.22. The Labute approximate surface area is 117 Å². The zero-order chi connectivity index (χ0) is 15.3. The molecule has 0 heterocycles. The van der Waals surface area contributed by atoms with Gasteiger partial charge in [-0.2, -0.15) is 0 Å². The first-order valence-corrected chi connectivity index (χ1v) is 6.48. The highest BCUT2D eigenvalue weighted by atomic mass is 19.1. The molecule has 20 heavy (non-hydrogen) atoms. The Balaban J connectivity index is 2.81. The topological polar surface area (TPSA) is 75.4 Å². The predicted octanol–water partition coefficient (Wildman–Crippen LogP) is 1.39. The van der Waals surface area contributed by atoms with Gasteiger partial charge in [-0.1, -0.05) is 0 Å². The summed E-state index contributed by atoms with van der Waals surface area (Å²) in [4.78, 5) is 25.2. The Morgan fingerprint density at radius 2 is 2.05 bits per heavy atom. The summed E-state index contributed by atoms with van der Waals surface area (Å²) in [6.07, 6.45) is 0. The number of nitrogens with two attached hydrogens (primary N) is 1. The van der Waals surface area contributed by atoms with Crippen LogP contribution in [0.25, 0.3) is 0 Å². The molecular formula is C14H20FN3O2. The van der Waals surface area contributed by atoms with Crippen molar-refractivity contribution >= 4 is 17.5 Å². The van der Waals surface area contributed by atoms with E-state index in [-0.39, 0.29) is 29.7 Å². The zero-order valence-electron chi connectivity index (χ0n) is 11.9. The molecule has 0 radical (unpaired) electrons. The number of likely N-dealkylation sites (N-methyl/N-ethyl adjacent to an activating group) is 1. The second-order valence-electron chi connectivity index (χ2n) is 4.78. The number of nitrogens with one attached hydrogen (secondary N) is 1. The molecule has 3 N–H and O–H groups in total.